The molecular weight excluding hydrogens is 803 g/mol. The molecule has 3 N–H and O–H groups in total. The second-order valence-electron chi connectivity index (χ2n) is 17.5. The van der Waals surface area contributed by atoms with E-state index in [4.69, 9.17) is 4.74 Å². The molecule has 3 atom stereocenters. The monoisotopic (exact) mass is 902 g/mol. The van der Waals surface area contributed by atoms with E-state index in [1.54, 1.807) is 0 Å². The number of carbonyl (C=O) groups excluding carboxylic acids is 2. The number of aliphatic hydroxyl groups is 2. The van der Waals surface area contributed by atoms with Crippen LogP contribution in [0.5, 0.6) is 0 Å². The number of rotatable bonds is 46. The molecule has 0 aromatic rings. The topological polar surface area (TPSA) is 95.9 Å². The third-order valence-corrected chi connectivity index (χ3v) is 11.3. The minimum Gasteiger partial charge on any atom is -0.462 e. The molecule has 0 radical (unpaired) electrons. The molecule has 0 rings (SSSR count). The molecule has 0 aliphatic rings. The van der Waals surface area contributed by atoms with Crippen molar-refractivity contribution in [1.29, 1.82) is 0 Å². The number of amides is 1. The zero-order valence-electron chi connectivity index (χ0n) is 42.1. The fourth-order valence-electron chi connectivity index (χ4n) is 7.33. The molecule has 1 amide bonds. The molecule has 0 heterocycles. The average Bonchev–Trinajstić information content (AvgIpc) is 3.30. The second-order valence-corrected chi connectivity index (χ2v) is 17.5. The predicted octanol–water partition coefficient (Wildman–Crippen LogP) is 16.3. The maximum Gasteiger partial charge on any atom is 0.306 e. The van der Waals surface area contributed by atoms with Gasteiger partial charge in [0.25, 0.3) is 0 Å². The molecule has 0 aromatic heterocycles. The van der Waals surface area contributed by atoms with E-state index < -0.39 is 18.2 Å². The highest BCUT2D eigenvalue weighted by Crippen LogP contribution is 2.16. The number of hydrogen-bond donors (Lipinski definition) is 3. The molecule has 370 valence electrons. The highest BCUT2D eigenvalue weighted by atomic mass is 16.5. The number of allylic oxidation sites excluding steroid dienone is 18. The number of esters is 1. The molecule has 65 heavy (non-hydrogen) atoms. The lowest BCUT2D eigenvalue weighted by atomic mass is 10.0. The summed E-state index contributed by atoms with van der Waals surface area (Å²) in [5.74, 6) is -0.576. The fraction of sp³-hybridized carbons (Fsp3) is 0.661. The van der Waals surface area contributed by atoms with Crippen LogP contribution in [-0.2, 0) is 14.3 Å². The number of aliphatic hydroxyl groups excluding tert-OH is 2. The minimum atomic E-state index is -0.814. The number of carbonyl (C=O) groups is 2. The molecule has 3 unspecified atom stereocenters. The largest absolute Gasteiger partial charge is 0.462 e. The van der Waals surface area contributed by atoms with E-state index in [1.165, 1.54) is 70.6 Å². The van der Waals surface area contributed by atoms with Crippen LogP contribution in [0.4, 0.5) is 0 Å². The lowest BCUT2D eigenvalue weighted by Crippen LogP contribution is -2.46. The molecule has 0 spiro atoms. The van der Waals surface area contributed by atoms with Crippen molar-refractivity contribution in [2.75, 3.05) is 6.61 Å². The van der Waals surface area contributed by atoms with Crippen LogP contribution >= 0.6 is 0 Å². The van der Waals surface area contributed by atoms with Crippen molar-refractivity contribution < 1.29 is 24.5 Å². The quantitative estimate of drug-likeness (QED) is 0.0321. The summed E-state index contributed by atoms with van der Waals surface area (Å²) in [7, 11) is 0. The highest BCUT2D eigenvalue weighted by molar-refractivity contribution is 5.77. The lowest BCUT2D eigenvalue weighted by Gasteiger charge is -2.24. The van der Waals surface area contributed by atoms with Gasteiger partial charge in [0.1, 0.15) is 6.10 Å². The normalized spacial score (nSPS) is 14.1. The Hall–Kier alpha value is -3.48. The Morgan fingerprint density at radius 3 is 1.31 bits per heavy atom. The first-order valence-corrected chi connectivity index (χ1v) is 26.6. The van der Waals surface area contributed by atoms with Gasteiger partial charge >= 0.3 is 5.97 Å². The summed E-state index contributed by atoms with van der Waals surface area (Å²) in [6.45, 7) is 6.30. The van der Waals surface area contributed by atoms with Gasteiger partial charge in [-0.1, -0.05) is 214 Å². The van der Waals surface area contributed by atoms with Gasteiger partial charge in [0, 0.05) is 6.42 Å². The van der Waals surface area contributed by atoms with Crippen LogP contribution in [-0.4, -0.2) is 46.9 Å². The van der Waals surface area contributed by atoms with Crippen LogP contribution in [0.3, 0.4) is 0 Å². The number of ether oxygens (including phenoxy) is 1. The van der Waals surface area contributed by atoms with E-state index in [-0.39, 0.29) is 24.9 Å². The molecule has 6 heteroatoms. The summed E-state index contributed by atoms with van der Waals surface area (Å²) >= 11 is 0. The Balaban J connectivity index is 4.76. The van der Waals surface area contributed by atoms with Gasteiger partial charge in [-0.2, -0.15) is 0 Å². The Morgan fingerprint density at radius 2 is 0.846 bits per heavy atom. The zero-order chi connectivity index (χ0) is 47.4. The van der Waals surface area contributed by atoms with Crippen molar-refractivity contribution >= 4 is 11.9 Å². The number of hydrogen-bond acceptors (Lipinski definition) is 5. The van der Waals surface area contributed by atoms with E-state index >= 15 is 0 Å². The molecule has 0 aliphatic carbocycles. The first kappa shape index (κ1) is 61.5. The highest BCUT2D eigenvalue weighted by Gasteiger charge is 2.24. The maximum atomic E-state index is 13.2. The van der Waals surface area contributed by atoms with Crippen molar-refractivity contribution in [3.05, 3.63) is 109 Å². The van der Waals surface area contributed by atoms with Crippen LogP contribution in [0.2, 0.25) is 0 Å². The molecular formula is C59H99NO5. The van der Waals surface area contributed by atoms with Crippen LogP contribution in [0.1, 0.15) is 226 Å². The fourth-order valence-corrected chi connectivity index (χ4v) is 7.33. The van der Waals surface area contributed by atoms with Gasteiger partial charge < -0.3 is 20.3 Å². The Labute approximate surface area is 400 Å². The first-order chi connectivity index (χ1) is 32.0. The van der Waals surface area contributed by atoms with Crippen molar-refractivity contribution in [3.8, 4) is 0 Å². The molecule has 0 saturated carbocycles. The molecule has 6 nitrogen and oxygen atoms in total. The van der Waals surface area contributed by atoms with Crippen molar-refractivity contribution in [2.45, 2.75) is 244 Å². The summed E-state index contributed by atoms with van der Waals surface area (Å²) in [5, 5.41) is 23.7. The van der Waals surface area contributed by atoms with Gasteiger partial charge in [-0.15, -0.1) is 0 Å². The van der Waals surface area contributed by atoms with E-state index in [0.29, 0.717) is 19.3 Å². The maximum absolute atomic E-state index is 13.2. The zero-order valence-corrected chi connectivity index (χ0v) is 42.1. The lowest BCUT2D eigenvalue weighted by molar-refractivity contribution is -0.151. The third-order valence-electron chi connectivity index (χ3n) is 11.3. The summed E-state index contributed by atoms with van der Waals surface area (Å²) in [5.41, 5.74) is 0. The summed E-state index contributed by atoms with van der Waals surface area (Å²) in [6.07, 6.45) is 70.1. The van der Waals surface area contributed by atoms with E-state index in [2.05, 4.69) is 135 Å². The molecule has 0 fully saturated rings. The van der Waals surface area contributed by atoms with Crippen LogP contribution in [0, 0.1) is 0 Å². The minimum absolute atomic E-state index is 0.0188. The van der Waals surface area contributed by atoms with Gasteiger partial charge in [-0.3, -0.25) is 9.59 Å². The summed E-state index contributed by atoms with van der Waals surface area (Å²) in [6, 6.07) is -0.733. The van der Waals surface area contributed by atoms with Gasteiger partial charge in [-0.05, 0) is 109 Å². The molecule has 0 bridgehead atoms. The Bertz CT molecular complexity index is 1330. The Morgan fingerprint density at radius 1 is 0.462 bits per heavy atom. The second kappa shape index (κ2) is 51.5. The van der Waals surface area contributed by atoms with Crippen molar-refractivity contribution in [3.63, 3.8) is 0 Å². The van der Waals surface area contributed by atoms with Gasteiger partial charge in [0.2, 0.25) is 5.91 Å². The average molecular weight is 902 g/mol. The summed E-state index contributed by atoms with van der Waals surface area (Å²) < 4.78 is 5.90. The van der Waals surface area contributed by atoms with E-state index in [0.717, 1.165) is 109 Å². The Kier molecular flexibility index (Phi) is 48.7. The van der Waals surface area contributed by atoms with Crippen LogP contribution < -0.4 is 5.32 Å². The number of unbranched alkanes of at least 4 members (excludes halogenated alkanes) is 16. The van der Waals surface area contributed by atoms with Gasteiger partial charge in [0.05, 0.1) is 25.2 Å². The standard InChI is InChI=1S/C59H99NO5/c1-4-7-10-13-16-19-22-24-26-28-29-31-33-35-37-40-43-46-49-52-59(64)65-55(50-47-44-41-38-36-34-32-30-27-25-23-20-17-14-11-8-5-2)53-58(63)60-56(54-61)57(62)51-48-45-42-39-21-18-15-12-9-6-3/h8,11,16-17,19-20,24-27,29,31-32,34-35,37-38,41,55-57,61-62H,4-7,9-10,12-15,18,21-23,28,30,33,36,39-40,42-54H2,1-3H3,(H,60,63)/b11-8-,19-16-,20-17-,26-24-,27-25-,31-29-,34-32-,37-35-,41-38-. The molecule has 0 saturated heterocycles. The SMILES string of the molecule is CC/C=C\C/C=C\C/C=C\C/C=C\C/C=C\CCCC(CC(=O)NC(CO)C(O)CCCCCCCCCCCC)OC(=O)CCCCC/C=C\C/C=C\C/C=C\C/C=C\CCCCC. The van der Waals surface area contributed by atoms with Crippen molar-refractivity contribution in [2.24, 2.45) is 0 Å². The predicted molar refractivity (Wildman–Crippen MR) is 282 cm³/mol. The van der Waals surface area contributed by atoms with Crippen molar-refractivity contribution in [1.82, 2.24) is 5.32 Å². The van der Waals surface area contributed by atoms with E-state index in [9.17, 15) is 19.8 Å². The van der Waals surface area contributed by atoms with Gasteiger partial charge in [-0.25, -0.2) is 0 Å². The molecule has 0 aliphatic heterocycles. The van der Waals surface area contributed by atoms with Crippen LogP contribution in [0.15, 0.2) is 109 Å². The third kappa shape index (κ3) is 46.8. The number of nitrogens with one attached hydrogen (secondary N) is 1. The van der Waals surface area contributed by atoms with Gasteiger partial charge in [0.15, 0.2) is 0 Å². The van der Waals surface area contributed by atoms with Crippen LogP contribution in [0.25, 0.3) is 0 Å². The smallest absolute Gasteiger partial charge is 0.306 e. The first-order valence-electron chi connectivity index (χ1n) is 26.6. The summed E-state index contributed by atoms with van der Waals surface area (Å²) in [4.78, 5) is 26.2. The molecule has 0 aromatic carbocycles. The van der Waals surface area contributed by atoms with E-state index in [1.807, 2.05) is 0 Å².